The third-order valence-electron chi connectivity index (χ3n) is 5.58. The Balaban J connectivity index is 1.42. The molecule has 33 heavy (non-hydrogen) atoms. The predicted octanol–water partition coefficient (Wildman–Crippen LogP) is 4.62. The summed E-state index contributed by atoms with van der Waals surface area (Å²) < 4.78 is 15.3. The van der Waals surface area contributed by atoms with Crippen molar-refractivity contribution in [2.45, 2.75) is 31.0 Å². The van der Waals surface area contributed by atoms with E-state index in [0.717, 1.165) is 18.4 Å². The summed E-state index contributed by atoms with van der Waals surface area (Å²) in [6.45, 7) is 2.44. The van der Waals surface area contributed by atoms with Crippen LogP contribution in [0.5, 0.6) is 0 Å². The van der Waals surface area contributed by atoms with E-state index in [1.165, 1.54) is 23.9 Å². The van der Waals surface area contributed by atoms with Crippen LogP contribution < -0.4 is 5.32 Å². The molecule has 1 saturated heterocycles. The standard InChI is InChI=1S/C23H23ClFN5O2S/c1-14-5-10-17(25)12-18(14)26-20(31)13-33-23-28-27-21(29(23)2)19-4-3-11-30(19)22(32)15-6-8-16(24)9-7-15/h5-10,12,19H,3-4,11,13H2,1-2H3,(H,26,31). The molecule has 0 bridgehead atoms. The Morgan fingerprint density at radius 3 is 2.73 bits per heavy atom. The number of amides is 2. The predicted molar refractivity (Wildman–Crippen MR) is 126 cm³/mol. The molecule has 10 heteroatoms. The first-order valence-corrected chi connectivity index (χ1v) is 11.8. The van der Waals surface area contributed by atoms with Crippen molar-refractivity contribution in [3.63, 3.8) is 0 Å². The van der Waals surface area contributed by atoms with Gasteiger partial charge in [0.15, 0.2) is 11.0 Å². The van der Waals surface area contributed by atoms with Gasteiger partial charge in [-0.05, 0) is 61.7 Å². The highest BCUT2D eigenvalue weighted by molar-refractivity contribution is 7.99. The molecule has 1 aromatic heterocycles. The van der Waals surface area contributed by atoms with Crippen molar-refractivity contribution in [3.8, 4) is 0 Å². The van der Waals surface area contributed by atoms with Crippen LogP contribution >= 0.6 is 23.4 Å². The number of carbonyl (C=O) groups excluding carboxylic acids is 2. The third-order valence-corrected chi connectivity index (χ3v) is 6.85. The zero-order chi connectivity index (χ0) is 23.5. The van der Waals surface area contributed by atoms with E-state index < -0.39 is 5.82 Å². The maximum atomic E-state index is 13.5. The normalized spacial score (nSPS) is 15.6. The number of benzene rings is 2. The number of likely N-dealkylation sites (tertiary alicyclic amines) is 1. The average molecular weight is 488 g/mol. The number of aromatic nitrogens is 3. The zero-order valence-electron chi connectivity index (χ0n) is 18.2. The fourth-order valence-corrected chi connectivity index (χ4v) is 4.67. The highest BCUT2D eigenvalue weighted by Gasteiger charge is 2.34. The number of hydrogen-bond donors (Lipinski definition) is 1. The van der Waals surface area contributed by atoms with Gasteiger partial charge < -0.3 is 14.8 Å². The topological polar surface area (TPSA) is 80.1 Å². The van der Waals surface area contributed by atoms with Crippen LogP contribution in [0.3, 0.4) is 0 Å². The Labute approximate surface area is 200 Å². The molecule has 1 unspecified atom stereocenters. The zero-order valence-corrected chi connectivity index (χ0v) is 19.8. The molecular weight excluding hydrogens is 465 g/mol. The Morgan fingerprint density at radius 2 is 1.97 bits per heavy atom. The number of nitrogens with zero attached hydrogens (tertiary/aromatic N) is 4. The van der Waals surface area contributed by atoms with E-state index >= 15 is 0 Å². The number of anilines is 1. The average Bonchev–Trinajstić information content (AvgIpc) is 3.41. The van der Waals surface area contributed by atoms with E-state index in [-0.39, 0.29) is 23.6 Å². The number of thioether (sulfide) groups is 1. The number of nitrogens with one attached hydrogen (secondary N) is 1. The lowest BCUT2D eigenvalue weighted by Gasteiger charge is -2.24. The molecule has 1 atom stereocenters. The van der Waals surface area contributed by atoms with Crippen LogP contribution in [-0.4, -0.2) is 43.8 Å². The van der Waals surface area contributed by atoms with Gasteiger partial charge in [0, 0.05) is 29.9 Å². The molecule has 1 aliphatic heterocycles. The van der Waals surface area contributed by atoms with E-state index in [2.05, 4.69) is 15.5 Å². The molecule has 2 amide bonds. The SMILES string of the molecule is Cc1ccc(F)cc1NC(=O)CSc1nnc(C2CCCN2C(=O)c2ccc(Cl)cc2)n1C. The van der Waals surface area contributed by atoms with Gasteiger partial charge in [-0.2, -0.15) is 0 Å². The first kappa shape index (κ1) is 23.3. The summed E-state index contributed by atoms with van der Waals surface area (Å²) >= 11 is 7.18. The van der Waals surface area contributed by atoms with Crippen LogP contribution in [0.2, 0.25) is 5.02 Å². The van der Waals surface area contributed by atoms with Gasteiger partial charge in [-0.3, -0.25) is 9.59 Å². The van der Waals surface area contributed by atoms with Crippen LogP contribution in [0.4, 0.5) is 10.1 Å². The van der Waals surface area contributed by atoms with Crippen molar-refractivity contribution in [2.75, 3.05) is 17.6 Å². The second kappa shape index (κ2) is 9.93. The van der Waals surface area contributed by atoms with Crippen LogP contribution in [0.25, 0.3) is 0 Å². The quantitative estimate of drug-likeness (QED) is 0.513. The first-order valence-electron chi connectivity index (χ1n) is 10.5. The van der Waals surface area contributed by atoms with Crippen LogP contribution in [-0.2, 0) is 11.8 Å². The van der Waals surface area contributed by atoms with Gasteiger partial charge in [-0.25, -0.2) is 4.39 Å². The highest BCUT2D eigenvalue weighted by Crippen LogP contribution is 2.33. The van der Waals surface area contributed by atoms with Crippen LogP contribution in [0, 0.1) is 12.7 Å². The van der Waals surface area contributed by atoms with E-state index in [0.29, 0.717) is 33.8 Å². The van der Waals surface area contributed by atoms with Crippen molar-refractivity contribution >= 4 is 40.9 Å². The Morgan fingerprint density at radius 1 is 1.21 bits per heavy atom. The minimum Gasteiger partial charge on any atom is -0.328 e. The fourth-order valence-electron chi connectivity index (χ4n) is 3.82. The minimum atomic E-state index is -0.407. The molecule has 2 aromatic carbocycles. The number of halogens is 2. The minimum absolute atomic E-state index is 0.0730. The lowest BCUT2D eigenvalue weighted by Crippen LogP contribution is -2.31. The van der Waals surface area contributed by atoms with Crippen molar-refractivity contribution in [1.82, 2.24) is 19.7 Å². The summed E-state index contributed by atoms with van der Waals surface area (Å²) in [6, 6.07) is 10.9. The van der Waals surface area contributed by atoms with E-state index in [1.54, 1.807) is 42.2 Å². The molecule has 1 fully saturated rings. The Kier molecular flexibility index (Phi) is 6.99. The summed E-state index contributed by atoms with van der Waals surface area (Å²) in [5.74, 6) is 0.0318. The van der Waals surface area contributed by atoms with Crippen LogP contribution in [0.1, 0.15) is 40.6 Å². The van der Waals surface area contributed by atoms with Gasteiger partial charge >= 0.3 is 0 Å². The van der Waals surface area contributed by atoms with Gasteiger partial charge in [-0.1, -0.05) is 29.4 Å². The van der Waals surface area contributed by atoms with Crippen molar-refractivity contribution in [1.29, 1.82) is 0 Å². The molecule has 0 spiro atoms. The highest BCUT2D eigenvalue weighted by atomic mass is 35.5. The van der Waals surface area contributed by atoms with Gasteiger partial charge in [0.1, 0.15) is 5.82 Å². The first-order chi connectivity index (χ1) is 15.8. The molecule has 3 aromatic rings. The molecular formula is C23H23ClFN5O2S. The molecule has 172 valence electrons. The largest absolute Gasteiger partial charge is 0.328 e. The van der Waals surface area contributed by atoms with E-state index in [9.17, 15) is 14.0 Å². The molecule has 0 saturated carbocycles. The molecule has 7 nitrogen and oxygen atoms in total. The maximum Gasteiger partial charge on any atom is 0.254 e. The van der Waals surface area contributed by atoms with Crippen molar-refractivity contribution < 1.29 is 14.0 Å². The van der Waals surface area contributed by atoms with E-state index in [4.69, 9.17) is 11.6 Å². The summed E-state index contributed by atoms with van der Waals surface area (Å²) in [5.41, 5.74) is 1.80. The Bertz CT molecular complexity index is 1180. The van der Waals surface area contributed by atoms with Gasteiger partial charge in [-0.15, -0.1) is 10.2 Å². The lowest BCUT2D eigenvalue weighted by atomic mass is 10.1. The van der Waals surface area contributed by atoms with Crippen molar-refractivity contribution in [3.05, 3.63) is 70.3 Å². The molecule has 4 rings (SSSR count). The fraction of sp³-hybridized carbons (Fsp3) is 0.304. The maximum absolute atomic E-state index is 13.5. The summed E-state index contributed by atoms with van der Waals surface area (Å²) in [5, 5.41) is 12.4. The summed E-state index contributed by atoms with van der Waals surface area (Å²) in [4.78, 5) is 27.2. The summed E-state index contributed by atoms with van der Waals surface area (Å²) in [6.07, 6.45) is 1.66. The molecule has 2 heterocycles. The second-order valence-corrected chi connectivity index (χ2v) is 9.24. The Hall–Kier alpha value is -2.91. The lowest BCUT2D eigenvalue weighted by molar-refractivity contribution is -0.113. The number of aryl methyl sites for hydroxylation is 1. The third kappa shape index (κ3) is 5.20. The van der Waals surface area contributed by atoms with Gasteiger partial charge in [0.2, 0.25) is 5.91 Å². The van der Waals surface area contributed by atoms with Crippen molar-refractivity contribution in [2.24, 2.45) is 7.05 Å². The monoisotopic (exact) mass is 487 g/mol. The number of rotatable bonds is 6. The van der Waals surface area contributed by atoms with Crippen LogP contribution in [0.15, 0.2) is 47.6 Å². The van der Waals surface area contributed by atoms with E-state index in [1.807, 2.05) is 11.6 Å². The number of hydrogen-bond acceptors (Lipinski definition) is 5. The molecule has 1 N–H and O–H groups in total. The van der Waals surface area contributed by atoms with Gasteiger partial charge in [0.25, 0.3) is 5.91 Å². The number of carbonyl (C=O) groups is 2. The second-order valence-electron chi connectivity index (χ2n) is 7.86. The summed E-state index contributed by atoms with van der Waals surface area (Å²) in [7, 11) is 1.83. The molecule has 0 aliphatic carbocycles. The molecule has 0 radical (unpaired) electrons. The van der Waals surface area contributed by atoms with Gasteiger partial charge in [0.05, 0.1) is 11.8 Å². The molecule has 1 aliphatic rings. The smallest absolute Gasteiger partial charge is 0.254 e.